The summed E-state index contributed by atoms with van der Waals surface area (Å²) < 4.78 is 19.1. The molecule has 1 aliphatic carbocycles. The lowest BCUT2D eigenvalue weighted by Gasteiger charge is -2.32. The van der Waals surface area contributed by atoms with Crippen molar-refractivity contribution in [3.63, 3.8) is 0 Å². The number of nitrogens with one attached hydrogen (secondary N) is 1. The van der Waals surface area contributed by atoms with Crippen LogP contribution >= 0.6 is 0 Å². The molecule has 0 aromatic heterocycles. The third kappa shape index (κ3) is 2.66. The molecule has 4 rings (SSSR count). The van der Waals surface area contributed by atoms with E-state index >= 15 is 0 Å². The third-order valence-electron chi connectivity index (χ3n) is 5.16. The van der Waals surface area contributed by atoms with Gasteiger partial charge in [-0.3, -0.25) is 4.79 Å². The number of rotatable bonds is 3. The quantitative estimate of drug-likeness (QED) is 0.934. The average Bonchev–Trinajstić information content (AvgIpc) is 3.22. The van der Waals surface area contributed by atoms with E-state index in [1.165, 1.54) is 12.1 Å². The summed E-state index contributed by atoms with van der Waals surface area (Å²) in [5.41, 5.74) is 1.65. The van der Waals surface area contributed by atoms with Gasteiger partial charge in [-0.05, 0) is 42.2 Å². The van der Waals surface area contributed by atoms with Crippen LogP contribution in [0.1, 0.15) is 36.8 Å². The second-order valence-corrected chi connectivity index (χ2v) is 6.70. The van der Waals surface area contributed by atoms with E-state index in [9.17, 15) is 9.18 Å². The minimum atomic E-state index is -0.486. The molecule has 2 aromatic carbocycles. The average molecular weight is 325 g/mol. The van der Waals surface area contributed by atoms with E-state index in [4.69, 9.17) is 4.74 Å². The molecule has 0 saturated heterocycles. The molecule has 1 fully saturated rings. The summed E-state index contributed by atoms with van der Waals surface area (Å²) in [6.07, 6.45) is 3.99. The van der Waals surface area contributed by atoms with Crippen LogP contribution in [0.15, 0.2) is 48.5 Å². The van der Waals surface area contributed by atoms with Gasteiger partial charge in [0, 0.05) is 6.42 Å². The summed E-state index contributed by atoms with van der Waals surface area (Å²) in [5.74, 6) is 0.449. The van der Waals surface area contributed by atoms with Crippen LogP contribution in [0.5, 0.6) is 5.75 Å². The molecule has 4 heteroatoms. The minimum Gasteiger partial charge on any atom is -0.480 e. The number of para-hydroxylation sites is 1. The molecule has 0 radical (unpaired) electrons. The van der Waals surface area contributed by atoms with Gasteiger partial charge in [0.2, 0.25) is 0 Å². The number of ether oxygens (including phenoxy) is 1. The van der Waals surface area contributed by atoms with Crippen LogP contribution in [-0.4, -0.2) is 12.0 Å². The van der Waals surface area contributed by atoms with Gasteiger partial charge in [-0.25, -0.2) is 4.39 Å². The fraction of sp³-hybridized carbons (Fsp3) is 0.350. The molecule has 2 aliphatic rings. The Morgan fingerprint density at radius 1 is 1.08 bits per heavy atom. The Labute approximate surface area is 140 Å². The predicted octanol–water partition coefficient (Wildman–Crippen LogP) is 3.71. The van der Waals surface area contributed by atoms with Gasteiger partial charge in [-0.1, -0.05) is 43.2 Å². The third-order valence-corrected chi connectivity index (χ3v) is 5.16. The van der Waals surface area contributed by atoms with Gasteiger partial charge in [0.15, 0.2) is 6.10 Å². The Balaban J connectivity index is 1.54. The number of halogens is 1. The maximum Gasteiger partial charge on any atom is 0.262 e. The zero-order valence-electron chi connectivity index (χ0n) is 13.4. The molecule has 1 atom stereocenters. The van der Waals surface area contributed by atoms with Crippen molar-refractivity contribution < 1.29 is 13.9 Å². The molecule has 1 N–H and O–H groups in total. The number of hydrogen-bond acceptors (Lipinski definition) is 2. The Hall–Kier alpha value is -2.36. The van der Waals surface area contributed by atoms with Crippen LogP contribution in [0.3, 0.4) is 0 Å². The number of benzene rings is 2. The number of hydrogen-bond donors (Lipinski definition) is 1. The standard InChI is InChI=1S/C20H20FNO2/c21-16-9-7-15(8-10-16)20(11-3-4-12-20)22-19(23)18-13-14-5-1-2-6-17(14)24-18/h1-2,5-10,18H,3-4,11-13H2,(H,22,23). The van der Waals surface area contributed by atoms with E-state index in [1.807, 2.05) is 24.3 Å². The Kier molecular flexibility index (Phi) is 3.75. The Bertz CT molecular complexity index is 725. The summed E-state index contributed by atoms with van der Waals surface area (Å²) in [4.78, 5) is 12.8. The number of carbonyl (C=O) groups is 1. The van der Waals surface area contributed by atoms with Gasteiger partial charge >= 0.3 is 0 Å². The number of carbonyl (C=O) groups excluding carboxylic acids is 1. The second-order valence-electron chi connectivity index (χ2n) is 6.70. The van der Waals surface area contributed by atoms with Crippen molar-refractivity contribution in [3.05, 3.63) is 65.5 Å². The number of amides is 1. The van der Waals surface area contributed by atoms with E-state index in [1.54, 1.807) is 12.1 Å². The molecule has 1 amide bonds. The molecular weight excluding hydrogens is 305 g/mol. The van der Waals surface area contributed by atoms with Gasteiger partial charge in [-0.2, -0.15) is 0 Å². The van der Waals surface area contributed by atoms with Crippen molar-refractivity contribution in [1.29, 1.82) is 0 Å². The van der Waals surface area contributed by atoms with Gasteiger partial charge in [0.1, 0.15) is 11.6 Å². The highest BCUT2D eigenvalue weighted by molar-refractivity contribution is 5.83. The molecule has 1 heterocycles. The van der Waals surface area contributed by atoms with Crippen LogP contribution in [-0.2, 0) is 16.8 Å². The summed E-state index contributed by atoms with van der Waals surface area (Å²) in [6, 6.07) is 14.3. The first-order valence-corrected chi connectivity index (χ1v) is 8.49. The van der Waals surface area contributed by atoms with Crippen LogP contribution < -0.4 is 10.1 Å². The van der Waals surface area contributed by atoms with Crippen LogP contribution in [0.25, 0.3) is 0 Å². The van der Waals surface area contributed by atoms with Gasteiger partial charge < -0.3 is 10.1 Å². The van der Waals surface area contributed by atoms with E-state index in [0.717, 1.165) is 42.6 Å². The van der Waals surface area contributed by atoms with Crippen molar-refractivity contribution in [2.45, 2.75) is 43.7 Å². The molecule has 1 saturated carbocycles. The summed E-state index contributed by atoms with van der Waals surface area (Å²) >= 11 is 0. The van der Waals surface area contributed by atoms with Crippen LogP contribution in [0, 0.1) is 5.82 Å². The van der Waals surface area contributed by atoms with E-state index in [0.29, 0.717) is 6.42 Å². The SMILES string of the molecule is O=C(NC1(c2ccc(F)cc2)CCCC1)C1Cc2ccccc2O1. The monoisotopic (exact) mass is 325 g/mol. The first-order chi connectivity index (χ1) is 11.7. The van der Waals surface area contributed by atoms with Gasteiger partial charge in [-0.15, -0.1) is 0 Å². The topological polar surface area (TPSA) is 38.3 Å². The van der Waals surface area contributed by atoms with Crippen molar-refractivity contribution in [2.24, 2.45) is 0 Å². The molecule has 24 heavy (non-hydrogen) atoms. The first kappa shape index (κ1) is 15.2. The van der Waals surface area contributed by atoms with E-state index in [-0.39, 0.29) is 11.7 Å². The molecule has 3 nitrogen and oxygen atoms in total. The molecule has 1 unspecified atom stereocenters. The summed E-state index contributed by atoms with van der Waals surface area (Å²) in [5, 5.41) is 3.22. The predicted molar refractivity (Wildman–Crippen MR) is 89.3 cm³/mol. The fourth-order valence-corrected chi connectivity index (χ4v) is 3.88. The molecule has 124 valence electrons. The van der Waals surface area contributed by atoms with Gasteiger partial charge in [0.25, 0.3) is 5.91 Å². The summed E-state index contributed by atoms with van der Waals surface area (Å²) in [7, 11) is 0. The minimum absolute atomic E-state index is 0.0857. The summed E-state index contributed by atoms with van der Waals surface area (Å²) in [6.45, 7) is 0. The molecule has 0 spiro atoms. The lowest BCUT2D eigenvalue weighted by atomic mass is 9.87. The zero-order valence-corrected chi connectivity index (χ0v) is 13.4. The lowest BCUT2D eigenvalue weighted by Crippen LogP contribution is -2.49. The highest BCUT2D eigenvalue weighted by atomic mass is 19.1. The molecule has 1 aliphatic heterocycles. The number of fused-ring (bicyclic) bond motifs is 1. The van der Waals surface area contributed by atoms with Crippen LogP contribution in [0.2, 0.25) is 0 Å². The fourth-order valence-electron chi connectivity index (χ4n) is 3.88. The smallest absolute Gasteiger partial charge is 0.262 e. The Morgan fingerprint density at radius 3 is 2.50 bits per heavy atom. The molecule has 0 bridgehead atoms. The highest BCUT2D eigenvalue weighted by Gasteiger charge is 2.40. The van der Waals surface area contributed by atoms with Crippen LogP contribution in [0.4, 0.5) is 4.39 Å². The molecule has 2 aromatic rings. The van der Waals surface area contributed by atoms with E-state index < -0.39 is 11.6 Å². The molecular formula is C20H20FNO2. The second kappa shape index (κ2) is 5.93. The Morgan fingerprint density at radius 2 is 1.79 bits per heavy atom. The zero-order chi connectivity index (χ0) is 16.6. The maximum atomic E-state index is 13.3. The van der Waals surface area contributed by atoms with Crippen molar-refractivity contribution >= 4 is 5.91 Å². The van der Waals surface area contributed by atoms with Crippen molar-refractivity contribution in [3.8, 4) is 5.75 Å². The highest BCUT2D eigenvalue weighted by Crippen LogP contribution is 2.39. The normalized spacial score (nSPS) is 21.1. The van der Waals surface area contributed by atoms with Crippen molar-refractivity contribution in [1.82, 2.24) is 5.32 Å². The first-order valence-electron chi connectivity index (χ1n) is 8.49. The lowest BCUT2D eigenvalue weighted by molar-refractivity contribution is -0.129. The van der Waals surface area contributed by atoms with E-state index in [2.05, 4.69) is 5.32 Å². The maximum absolute atomic E-state index is 13.3. The van der Waals surface area contributed by atoms with Gasteiger partial charge in [0.05, 0.1) is 5.54 Å². The van der Waals surface area contributed by atoms with Crippen molar-refractivity contribution in [2.75, 3.05) is 0 Å². The largest absolute Gasteiger partial charge is 0.480 e.